The van der Waals surface area contributed by atoms with Gasteiger partial charge in [0.2, 0.25) is 11.8 Å². The van der Waals surface area contributed by atoms with E-state index < -0.39 is 12.0 Å². The summed E-state index contributed by atoms with van der Waals surface area (Å²) in [5.41, 5.74) is 0.939. The van der Waals surface area contributed by atoms with Crippen LogP contribution in [0.15, 0.2) is 22.9 Å². The van der Waals surface area contributed by atoms with Crippen molar-refractivity contribution in [1.29, 1.82) is 0 Å². The van der Waals surface area contributed by atoms with Crippen LogP contribution in [0.25, 0.3) is 0 Å². The van der Waals surface area contributed by atoms with Crippen molar-refractivity contribution in [3.63, 3.8) is 0 Å². The van der Waals surface area contributed by atoms with Crippen molar-refractivity contribution in [3.8, 4) is 0 Å². The summed E-state index contributed by atoms with van der Waals surface area (Å²) in [4.78, 5) is 68.5. The Morgan fingerprint density at radius 1 is 1.14 bits per heavy atom. The fourth-order valence-electron chi connectivity index (χ4n) is 6.33. The third-order valence-electron chi connectivity index (χ3n) is 7.93. The third-order valence-corrected chi connectivity index (χ3v) is 7.93. The topological polar surface area (TPSA) is 128 Å². The highest BCUT2D eigenvalue weighted by Gasteiger charge is 2.63. The van der Waals surface area contributed by atoms with Crippen LogP contribution in [0.5, 0.6) is 0 Å². The molecule has 11 nitrogen and oxygen atoms in total. The Labute approximate surface area is 202 Å². The van der Waals surface area contributed by atoms with Crippen LogP contribution in [0.4, 0.5) is 4.79 Å². The van der Waals surface area contributed by atoms with E-state index in [9.17, 15) is 29.1 Å². The molecule has 0 unspecified atom stereocenters. The maximum Gasteiger partial charge on any atom is 0.409 e. The summed E-state index contributed by atoms with van der Waals surface area (Å²) in [6, 6.07) is -0.871. The van der Waals surface area contributed by atoms with Crippen molar-refractivity contribution in [2.75, 3.05) is 32.8 Å². The zero-order valence-electron chi connectivity index (χ0n) is 19.9. The standard InChI is InChI=1S/C24H30N4O7/c1-3-35-24(34)25-7-5-17(6-8-25)26-9-4-14(21(26)30)10-15-11-16-12-27(13(2)29)20-18(16)28(22(20)31)19(15)23(32)33/h10,16-18,20H,3-9,11-12H2,1-2H3,(H,32,33)/b14-10+/t16-,18-,20+/m1/s1. The number of aliphatic carboxylic acids is 1. The predicted octanol–water partition coefficient (Wildman–Crippen LogP) is 0.566. The number of carbonyl (C=O) groups excluding carboxylic acids is 4. The molecule has 0 bridgehead atoms. The SMILES string of the molecule is CCOC(=O)N1CCC(N2CC/C(=C\C3=C(C(=O)O)N4C(=O)[C@@H]5[C@H]4[C@H](C3)CN5C(C)=O)C2=O)CC1. The molecule has 0 aromatic rings. The van der Waals surface area contributed by atoms with Crippen molar-refractivity contribution >= 4 is 29.8 Å². The average Bonchev–Trinajstić information content (AvgIpc) is 3.37. The molecule has 0 spiro atoms. The predicted molar refractivity (Wildman–Crippen MR) is 121 cm³/mol. The summed E-state index contributed by atoms with van der Waals surface area (Å²) in [5.74, 6) is -1.92. The number of carbonyl (C=O) groups is 5. The van der Waals surface area contributed by atoms with E-state index in [2.05, 4.69) is 0 Å². The largest absolute Gasteiger partial charge is 0.477 e. The van der Waals surface area contributed by atoms with Crippen LogP contribution in [0.1, 0.15) is 39.5 Å². The highest BCUT2D eigenvalue weighted by molar-refractivity contribution is 6.03. The second-order valence-electron chi connectivity index (χ2n) is 9.79. The van der Waals surface area contributed by atoms with Crippen LogP contribution < -0.4 is 0 Å². The first-order valence-corrected chi connectivity index (χ1v) is 12.2. The first kappa shape index (κ1) is 23.4. The molecular weight excluding hydrogens is 456 g/mol. The lowest BCUT2D eigenvalue weighted by atomic mass is 9.79. The minimum Gasteiger partial charge on any atom is -0.477 e. The lowest BCUT2D eigenvalue weighted by molar-refractivity contribution is -0.159. The molecule has 5 heterocycles. The smallest absolute Gasteiger partial charge is 0.409 e. The Morgan fingerprint density at radius 2 is 1.86 bits per heavy atom. The van der Waals surface area contributed by atoms with E-state index in [-0.39, 0.29) is 47.5 Å². The van der Waals surface area contributed by atoms with Gasteiger partial charge in [0.1, 0.15) is 11.7 Å². The summed E-state index contributed by atoms with van der Waals surface area (Å²) in [7, 11) is 0. The number of β-lactam (4-membered cyclic amide) rings is 1. The van der Waals surface area contributed by atoms with Gasteiger partial charge >= 0.3 is 12.1 Å². The van der Waals surface area contributed by atoms with Gasteiger partial charge in [-0.25, -0.2) is 9.59 Å². The first-order valence-electron chi connectivity index (χ1n) is 12.2. The Balaban J connectivity index is 1.32. The van der Waals surface area contributed by atoms with Crippen LogP contribution in [0, 0.1) is 5.92 Å². The fourth-order valence-corrected chi connectivity index (χ4v) is 6.33. The molecule has 5 aliphatic heterocycles. The van der Waals surface area contributed by atoms with E-state index in [4.69, 9.17) is 4.74 Å². The number of hydrogen-bond donors (Lipinski definition) is 1. The van der Waals surface area contributed by atoms with Gasteiger partial charge in [0.25, 0.3) is 5.91 Å². The van der Waals surface area contributed by atoms with Gasteiger partial charge in [0, 0.05) is 50.6 Å². The number of likely N-dealkylation sites (tertiary alicyclic amines) is 3. The van der Waals surface area contributed by atoms with Crippen LogP contribution in [0.2, 0.25) is 0 Å². The molecular formula is C24H30N4O7. The monoisotopic (exact) mass is 486 g/mol. The normalized spacial score (nSPS) is 29.7. The molecule has 1 N–H and O–H groups in total. The molecule has 4 fully saturated rings. The number of carboxylic acid groups (broad SMARTS) is 1. The summed E-state index contributed by atoms with van der Waals surface area (Å²) in [6.45, 7) is 5.50. The number of rotatable bonds is 4. The van der Waals surface area contributed by atoms with Gasteiger partial charge in [-0.3, -0.25) is 19.3 Å². The third kappa shape index (κ3) is 3.68. The molecule has 0 aliphatic carbocycles. The van der Waals surface area contributed by atoms with E-state index in [0.717, 1.165) is 0 Å². The van der Waals surface area contributed by atoms with Crippen molar-refractivity contribution in [1.82, 2.24) is 19.6 Å². The Morgan fingerprint density at radius 3 is 2.49 bits per heavy atom. The van der Waals surface area contributed by atoms with Crippen molar-refractivity contribution in [3.05, 3.63) is 22.9 Å². The average molecular weight is 487 g/mol. The van der Waals surface area contributed by atoms with E-state index in [1.165, 1.54) is 16.7 Å². The summed E-state index contributed by atoms with van der Waals surface area (Å²) >= 11 is 0. The molecule has 0 aromatic carbocycles. The van der Waals surface area contributed by atoms with Gasteiger partial charge in [0.05, 0.1) is 12.6 Å². The quantitative estimate of drug-likeness (QED) is 0.454. The number of nitrogens with zero attached hydrogens (tertiary/aromatic N) is 4. The number of amides is 4. The Kier molecular flexibility index (Phi) is 5.80. The summed E-state index contributed by atoms with van der Waals surface area (Å²) in [5, 5.41) is 9.92. The molecule has 3 atom stereocenters. The molecule has 4 saturated heterocycles. The van der Waals surface area contributed by atoms with Crippen molar-refractivity contribution in [2.24, 2.45) is 5.92 Å². The first-order chi connectivity index (χ1) is 16.7. The molecule has 188 valence electrons. The number of piperidine rings is 1. The maximum absolute atomic E-state index is 13.2. The molecule has 0 radical (unpaired) electrons. The van der Waals surface area contributed by atoms with Crippen LogP contribution in [-0.2, 0) is 23.9 Å². The lowest BCUT2D eigenvalue weighted by Gasteiger charge is -2.49. The maximum atomic E-state index is 13.2. The second kappa shape index (κ2) is 8.69. The second-order valence-corrected chi connectivity index (χ2v) is 9.79. The van der Waals surface area contributed by atoms with Crippen molar-refractivity contribution < 1.29 is 33.8 Å². The zero-order valence-corrected chi connectivity index (χ0v) is 19.9. The minimum absolute atomic E-state index is 0.0133. The highest BCUT2D eigenvalue weighted by Crippen LogP contribution is 2.47. The highest BCUT2D eigenvalue weighted by atomic mass is 16.6. The fraction of sp³-hybridized carbons (Fsp3) is 0.625. The van der Waals surface area contributed by atoms with Gasteiger partial charge in [-0.15, -0.1) is 0 Å². The van der Waals surface area contributed by atoms with Crippen LogP contribution in [0.3, 0.4) is 0 Å². The minimum atomic E-state index is -1.20. The van der Waals surface area contributed by atoms with E-state index in [1.807, 2.05) is 4.90 Å². The number of carboxylic acids is 1. The van der Waals surface area contributed by atoms with Gasteiger partial charge < -0.3 is 24.5 Å². The van der Waals surface area contributed by atoms with Gasteiger partial charge in [-0.05, 0) is 44.3 Å². The molecule has 5 rings (SSSR count). The Bertz CT molecular complexity index is 1060. The number of hydrogen-bond acceptors (Lipinski definition) is 6. The van der Waals surface area contributed by atoms with Crippen LogP contribution >= 0.6 is 0 Å². The molecule has 0 saturated carbocycles. The van der Waals surface area contributed by atoms with Crippen molar-refractivity contribution in [2.45, 2.75) is 57.7 Å². The van der Waals surface area contributed by atoms with E-state index >= 15 is 0 Å². The molecule has 0 aromatic heterocycles. The lowest BCUT2D eigenvalue weighted by Crippen LogP contribution is -2.69. The van der Waals surface area contributed by atoms with Crippen LogP contribution in [-0.4, -0.2) is 105 Å². The van der Waals surface area contributed by atoms with E-state index in [0.29, 0.717) is 69.6 Å². The molecule has 4 amide bonds. The van der Waals surface area contributed by atoms with Gasteiger partial charge in [0.15, 0.2) is 0 Å². The molecule has 11 heteroatoms. The number of ether oxygens (including phenoxy) is 1. The van der Waals surface area contributed by atoms with Gasteiger partial charge in [-0.1, -0.05) is 0 Å². The number of allylic oxidation sites excluding steroid dienone is 2. The van der Waals surface area contributed by atoms with E-state index in [1.54, 1.807) is 17.9 Å². The Hall–Kier alpha value is -3.37. The summed E-state index contributed by atoms with van der Waals surface area (Å²) in [6.07, 6.45) is 3.56. The van der Waals surface area contributed by atoms with Gasteiger partial charge in [-0.2, -0.15) is 0 Å². The summed E-state index contributed by atoms with van der Waals surface area (Å²) < 4.78 is 5.06. The molecule has 35 heavy (non-hydrogen) atoms. The zero-order chi connectivity index (χ0) is 25.0. The molecule has 5 aliphatic rings.